The summed E-state index contributed by atoms with van der Waals surface area (Å²) in [6, 6.07) is 0. The number of nitrogens with one attached hydrogen (secondary N) is 1. The molecule has 0 aliphatic heterocycles. The number of rotatable bonds is 0. The first kappa shape index (κ1) is 6.34. The average Bonchev–Trinajstić information content (AvgIpc) is 2.30. The zero-order valence-corrected chi connectivity index (χ0v) is 6.47. The number of H-pyrrole nitrogens is 1. The van der Waals surface area contributed by atoms with Crippen LogP contribution in [0.3, 0.4) is 0 Å². The zero-order valence-electron chi connectivity index (χ0n) is 6.47. The molecule has 0 aliphatic carbocycles. The summed E-state index contributed by atoms with van der Waals surface area (Å²) >= 11 is 0. The summed E-state index contributed by atoms with van der Waals surface area (Å²) in [6.07, 6.45) is 4.39. The summed E-state index contributed by atoms with van der Waals surface area (Å²) < 4.78 is 0. The molecule has 0 aromatic carbocycles. The summed E-state index contributed by atoms with van der Waals surface area (Å²) in [4.78, 5) is 11.0. The van der Waals surface area contributed by atoms with Gasteiger partial charge in [-0.15, -0.1) is 0 Å². The monoisotopic (exact) mass is 146 g/mol. The second-order valence-electron chi connectivity index (χ2n) is 2.58. The van der Waals surface area contributed by atoms with Gasteiger partial charge in [0.1, 0.15) is 18.2 Å². The first-order chi connectivity index (χ1) is 5.29. The van der Waals surface area contributed by atoms with Crippen molar-refractivity contribution in [2.45, 2.75) is 13.8 Å². The largest absolute Gasteiger partial charge is 0.343 e. The Morgan fingerprint density at radius 1 is 1.45 bits per heavy atom. The van der Waals surface area contributed by atoms with Crippen molar-refractivity contribution in [3.05, 3.63) is 23.8 Å². The summed E-state index contributed by atoms with van der Waals surface area (Å²) in [5.41, 5.74) is 3.19. The lowest BCUT2D eigenvalue weighted by Gasteiger charge is -1.85. The van der Waals surface area contributed by atoms with Crippen molar-refractivity contribution in [2.24, 2.45) is 0 Å². The number of aryl methyl sites for hydroxylation is 2. The first-order valence-electron chi connectivity index (χ1n) is 3.46. The van der Waals surface area contributed by atoms with Crippen LogP contribution in [0.1, 0.15) is 11.3 Å². The highest BCUT2D eigenvalue weighted by molar-refractivity contribution is 5.79. The molecular formula is C8H8N3. The molecule has 0 spiro atoms. The van der Waals surface area contributed by atoms with E-state index in [0.29, 0.717) is 0 Å². The fraction of sp³-hybridized carbons (Fsp3) is 0.250. The van der Waals surface area contributed by atoms with E-state index in [0.717, 1.165) is 16.7 Å². The number of aromatic amines is 1. The lowest BCUT2D eigenvalue weighted by Crippen LogP contribution is -1.77. The minimum atomic E-state index is 0.870. The Hall–Kier alpha value is -1.38. The molecule has 0 amide bonds. The normalized spacial score (nSPS) is 10.7. The van der Waals surface area contributed by atoms with Crippen LogP contribution in [0.25, 0.3) is 11.0 Å². The molecule has 3 heteroatoms. The van der Waals surface area contributed by atoms with Crippen LogP contribution in [0, 0.1) is 20.0 Å². The highest BCUT2D eigenvalue weighted by Crippen LogP contribution is 2.16. The maximum Gasteiger partial charge on any atom is 0.141 e. The number of hydrogen-bond donors (Lipinski definition) is 1. The van der Waals surface area contributed by atoms with Crippen molar-refractivity contribution >= 4 is 11.0 Å². The third-order valence-electron chi connectivity index (χ3n) is 1.90. The van der Waals surface area contributed by atoms with E-state index in [2.05, 4.69) is 21.1 Å². The zero-order chi connectivity index (χ0) is 7.84. The van der Waals surface area contributed by atoms with E-state index in [1.807, 2.05) is 13.8 Å². The smallest absolute Gasteiger partial charge is 0.141 e. The third-order valence-corrected chi connectivity index (χ3v) is 1.90. The van der Waals surface area contributed by atoms with Gasteiger partial charge in [-0.25, -0.2) is 9.97 Å². The van der Waals surface area contributed by atoms with Gasteiger partial charge >= 0.3 is 0 Å². The molecule has 1 radical (unpaired) electrons. The second kappa shape index (κ2) is 2.05. The van der Waals surface area contributed by atoms with Crippen LogP contribution in [-0.4, -0.2) is 15.0 Å². The molecule has 11 heavy (non-hydrogen) atoms. The number of nitrogens with zero attached hydrogens (tertiary/aromatic N) is 2. The van der Waals surface area contributed by atoms with E-state index in [1.54, 1.807) is 0 Å². The van der Waals surface area contributed by atoms with Gasteiger partial charge in [0.2, 0.25) is 0 Å². The van der Waals surface area contributed by atoms with Crippen molar-refractivity contribution in [3.8, 4) is 0 Å². The van der Waals surface area contributed by atoms with E-state index in [1.165, 1.54) is 11.9 Å². The molecule has 55 valence electrons. The van der Waals surface area contributed by atoms with Gasteiger partial charge in [-0.1, -0.05) is 0 Å². The molecule has 2 aromatic heterocycles. The Morgan fingerprint density at radius 3 is 3.00 bits per heavy atom. The van der Waals surface area contributed by atoms with Gasteiger partial charge in [0.15, 0.2) is 0 Å². The predicted octanol–water partition coefficient (Wildman–Crippen LogP) is 1.37. The number of aromatic nitrogens is 3. The molecule has 2 aromatic rings. The van der Waals surface area contributed by atoms with Crippen LogP contribution in [0.4, 0.5) is 0 Å². The van der Waals surface area contributed by atoms with Gasteiger partial charge in [-0.05, 0) is 19.4 Å². The fourth-order valence-corrected chi connectivity index (χ4v) is 1.11. The average molecular weight is 146 g/mol. The van der Waals surface area contributed by atoms with Gasteiger partial charge in [-0.2, -0.15) is 0 Å². The van der Waals surface area contributed by atoms with Crippen LogP contribution < -0.4 is 0 Å². The SMILES string of the molecule is Cc1[nH]c2ncn[c]c2c1C. The standard InChI is InChI=1S/C8H8N3/c1-5-6(2)11-8-7(5)3-9-4-10-8/h4H,1-2H3,(H,9,10,11). The van der Waals surface area contributed by atoms with E-state index in [9.17, 15) is 0 Å². The van der Waals surface area contributed by atoms with Gasteiger partial charge in [0, 0.05) is 11.1 Å². The molecule has 0 atom stereocenters. The van der Waals surface area contributed by atoms with E-state index >= 15 is 0 Å². The molecule has 0 saturated heterocycles. The maximum atomic E-state index is 4.06. The third kappa shape index (κ3) is 0.808. The molecular weight excluding hydrogens is 138 g/mol. The minimum Gasteiger partial charge on any atom is -0.343 e. The Bertz CT molecular complexity index is 389. The lowest BCUT2D eigenvalue weighted by atomic mass is 10.2. The first-order valence-corrected chi connectivity index (χ1v) is 3.46. The maximum absolute atomic E-state index is 4.06. The van der Waals surface area contributed by atoms with Crippen molar-refractivity contribution < 1.29 is 0 Å². The summed E-state index contributed by atoms with van der Waals surface area (Å²) in [6.45, 7) is 4.05. The molecule has 0 saturated carbocycles. The Morgan fingerprint density at radius 2 is 2.27 bits per heavy atom. The van der Waals surface area contributed by atoms with Crippen LogP contribution in [0.5, 0.6) is 0 Å². The molecule has 2 heterocycles. The number of fused-ring (bicyclic) bond motifs is 1. The van der Waals surface area contributed by atoms with Crippen molar-refractivity contribution in [3.63, 3.8) is 0 Å². The Labute approximate surface area is 64.5 Å². The van der Waals surface area contributed by atoms with E-state index in [4.69, 9.17) is 0 Å². The molecule has 0 fully saturated rings. The van der Waals surface area contributed by atoms with Crippen molar-refractivity contribution in [1.82, 2.24) is 15.0 Å². The molecule has 3 nitrogen and oxygen atoms in total. The lowest BCUT2D eigenvalue weighted by molar-refractivity contribution is 1.18. The quantitative estimate of drug-likeness (QED) is 0.610. The van der Waals surface area contributed by atoms with E-state index in [-0.39, 0.29) is 0 Å². The minimum absolute atomic E-state index is 0.870. The molecule has 0 bridgehead atoms. The highest BCUT2D eigenvalue weighted by Gasteiger charge is 2.03. The fourth-order valence-electron chi connectivity index (χ4n) is 1.11. The van der Waals surface area contributed by atoms with Crippen LogP contribution in [0.15, 0.2) is 6.33 Å². The Balaban J connectivity index is 2.92. The second-order valence-corrected chi connectivity index (χ2v) is 2.58. The van der Waals surface area contributed by atoms with Gasteiger partial charge in [0.05, 0.1) is 0 Å². The topological polar surface area (TPSA) is 41.6 Å². The molecule has 0 unspecified atom stereocenters. The molecule has 2 rings (SSSR count). The number of hydrogen-bond acceptors (Lipinski definition) is 2. The van der Waals surface area contributed by atoms with Gasteiger partial charge in [-0.3, -0.25) is 0 Å². The van der Waals surface area contributed by atoms with Gasteiger partial charge in [0.25, 0.3) is 0 Å². The molecule has 1 N–H and O–H groups in total. The van der Waals surface area contributed by atoms with Crippen LogP contribution in [0.2, 0.25) is 0 Å². The predicted molar refractivity (Wildman–Crippen MR) is 42.2 cm³/mol. The van der Waals surface area contributed by atoms with Crippen molar-refractivity contribution in [2.75, 3.05) is 0 Å². The Kier molecular flexibility index (Phi) is 1.18. The summed E-state index contributed by atoms with van der Waals surface area (Å²) in [5.74, 6) is 0. The van der Waals surface area contributed by atoms with E-state index < -0.39 is 0 Å². The summed E-state index contributed by atoms with van der Waals surface area (Å²) in [7, 11) is 0. The molecule has 0 aliphatic rings. The summed E-state index contributed by atoms with van der Waals surface area (Å²) in [5, 5.41) is 0.991. The van der Waals surface area contributed by atoms with Crippen LogP contribution >= 0.6 is 0 Å². The van der Waals surface area contributed by atoms with Gasteiger partial charge < -0.3 is 4.98 Å². The highest BCUT2D eigenvalue weighted by atomic mass is 14.9. The van der Waals surface area contributed by atoms with Crippen LogP contribution in [-0.2, 0) is 0 Å². The van der Waals surface area contributed by atoms with Crippen molar-refractivity contribution in [1.29, 1.82) is 0 Å².